The lowest BCUT2D eigenvalue weighted by Crippen LogP contribution is -1.93. The van der Waals surface area contributed by atoms with Gasteiger partial charge in [0.2, 0.25) is 0 Å². The summed E-state index contributed by atoms with van der Waals surface area (Å²) >= 11 is 0. The predicted octanol–water partition coefficient (Wildman–Crippen LogP) is 3.08. The van der Waals surface area contributed by atoms with Crippen molar-refractivity contribution in [1.82, 2.24) is 19.9 Å². The molecule has 96 valence electrons. The Morgan fingerprint density at radius 2 is 1.90 bits per heavy atom. The standard InChI is InChI=1S/C15H10N4O/c1-2-4-11(5-3-1)15-13-8-12(19-10-16-9-17-19)6-7-14(13)18-20-15/h1-10H. The zero-order chi connectivity index (χ0) is 13.4. The van der Waals surface area contributed by atoms with Crippen LogP contribution in [0.3, 0.4) is 0 Å². The van der Waals surface area contributed by atoms with Crippen LogP contribution in [-0.2, 0) is 0 Å². The molecule has 5 heteroatoms. The second-order valence-electron chi connectivity index (χ2n) is 4.42. The van der Waals surface area contributed by atoms with Gasteiger partial charge in [0.15, 0.2) is 5.76 Å². The number of rotatable bonds is 2. The SMILES string of the molecule is c1ccc(-c2onc3ccc(-n4cncn4)cc23)cc1. The van der Waals surface area contributed by atoms with E-state index in [0.29, 0.717) is 0 Å². The number of hydrogen-bond donors (Lipinski definition) is 0. The maximum absolute atomic E-state index is 5.48. The monoisotopic (exact) mass is 262 g/mol. The third-order valence-electron chi connectivity index (χ3n) is 3.18. The van der Waals surface area contributed by atoms with E-state index in [2.05, 4.69) is 15.2 Å². The summed E-state index contributed by atoms with van der Waals surface area (Å²) in [5.41, 5.74) is 2.76. The Labute approximate surface area is 114 Å². The predicted molar refractivity (Wildman–Crippen MR) is 74.4 cm³/mol. The van der Waals surface area contributed by atoms with Gasteiger partial charge >= 0.3 is 0 Å². The molecule has 2 heterocycles. The van der Waals surface area contributed by atoms with Gasteiger partial charge in [-0.1, -0.05) is 35.5 Å². The van der Waals surface area contributed by atoms with Crippen LogP contribution in [0.2, 0.25) is 0 Å². The van der Waals surface area contributed by atoms with E-state index >= 15 is 0 Å². The number of nitrogens with zero attached hydrogens (tertiary/aromatic N) is 4. The number of hydrogen-bond acceptors (Lipinski definition) is 4. The average Bonchev–Trinajstić information content (AvgIpc) is 3.17. The molecule has 0 atom stereocenters. The summed E-state index contributed by atoms with van der Waals surface area (Å²) in [5.74, 6) is 0.766. The molecule has 0 spiro atoms. The van der Waals surface area contributed by atoms with Crippen molar-refractivity contribution < 1.29 is 4.52 Å². The third kappa shape index (κ3) is 1.68. The third-order valence-corrected chi connectivity index (χ3v) is 3.18. The fraction of sp³-hybridized carbons (Fsp3) is 0. The Kier molecular flexibility index (Phi) is 2.35. The van der Waals surface area contributed by atoms with Crippen molar-refractivity contribution in [2.24, 2.45) is 0 Å². The minimum Gasteiger partial charge on any atom is -0.355 e. The van der Waals surface area contributed by atoms with Gasteiger partial charge in [0.25, 0.3) is 0 Å². The molecule has 0 unspecified atom stereocenters. The van der Waals surface area contributed by atoms with Crippen LogP contribution in [0.25, 0.3) is 27.9 Å². The molecule has 0 saturated carbocycles. The summed E-state index contributed by atoms with van der Waals surface area (Å²) in [6.45, 7) is 0. The van der Waals surface area contributed by atoms with Gasteiger partial charge in [-0.3, -0.25) is 0 Å². The fourth-order valence-electron chi connectivity index (χ4n) is 2.21. The minimum absolute atomic E-state index is 0.766. The Hall–Kier alpha value is -2.95. The van der Waals surface area contributed by atoms with Gasteiger partial charge in [-0.15, -0.1) is 0 Å². The topological polar surface area (TPSA) is 56.7 Å². The van der Waals surface area contributed by atoms with Crippen molar-refractivity contribution in [2.45, 2.75) is 0 Å². The molecule has 0 aliphatic carbocycles. The van der Waals surface area contributed by atoms with Gasteiger partial charge in [-0.25, -0.2) is 9.67 Å². The number of benzene rings is 2. The van der Waals surface area contributed by atoms with Gasteiger partial charge in [-0.2, -0.15) is 5.10 Å². The first-order valence-electron chi connectivity index (χ1n) is 6.22. The summed E-state index contributed by atoms with van der Waals surface area (Å²) in [7, 11) is 0. The summed E-state index contributed by atoms with van der Waals surface area (Å²) in [4.78, 5) is 3.96. The van der Waals surface area contributed by atoms with Crippen molar-refractivity contribution in [3.63, 3.8) is 0 Å². The lowest BCUT2D eigenvalue weighted by Gasteiger charge is -2.00. The first-order valence-corrected chi connectivity index (χ1v) is 6.22. The van der Waals surface area contributed by atoms with E-state index in [1.54, 1.807) is 11.0 Å². The minimum atomic E-state index is 0.766. The summed E-state index contributed by atoms with van der Waals surface area (Å²) < 4.78 is 7.19. The van der Waals surface area contributed by atoms with Gasteiger partial charge < -0.3 is 4.52 Å². The molecule has 0 saturated heterocycles. The normalized spacial score (nSPS) is 11.0. The highest BCUT2D eigenvalue weighted by Gasteiger charge is 2.11. The zero-order valence-electron chi connectivity index (χ0n) is 10.5. The van der Waals surface area contributed by atoms with E-state index in [4.69, 9.17) is 4.52 Å². The number of aromatic nitrogens is 4. The molecule has 0 fully saturated rings. The Balaban J connectivity index is 1.93. The van der Waals surface area contributed by atoms with E-state index in [1.807, 2.05) is 48.5 Å². The molecule has 0 radical (unpaired) electrons. The molecule has 4 rings (SSSR count). The maximum Gasteiger partial charge on any atom is 0.174 e. The van der Waals surface area contributed by atoms with Crippen LogP contribution in [0.4, 0.5) is 0 Å². The highest BCUT2D eigenvalue weighted by atomic mass is 16.5. The molecule has 2 aromatic carbocycles. The molecule has 0 bridgehead atoms. The van der Waals surface area contributed by atoms with Gasteiger partial charge in [0.05, 0.1) is 11.1 Å². The number of fused-ring (bicyclic) bond motifs is 1. The lowest BCUT2D eigenvalue weighted by atomic mass is 10.1. The van der Waals surface area contributed by atoms with E-state index in [0.717, 1.165) is 27.9 Å². The van der Waals surface area contributed by atoms with E-state index < -0.39 is 0 Å². The van der Waals surface area contributed by atoms with Gasteiger partial charge in [0.1, 0.15) is 18.2 Å². The highest BCUT2D eigenvalue weighted by molar-refractivity contribution is 5.92. The second kappa shape index (κ2) is 4.31. The molecule has 0 N–H and O–H groups in total. The van der Waals surface area contributed by atoms with E-state index in [9.17, 15) is 0 Å². The lowest BCUT2D eigenvalue weighted by molar-refractivity contribution is 0.441. The summed E-state index contributed by atoms with van der Waals surface area (Å²) in [6.07, 6.45) is 3.17. The van der Waals surface area contributed by atoms with Crippen LogP contribution < -0.4 is 0 Å². The molecule has 2 aromatic heterocycles. The molecule has 0 amide bonds. The van der Waals surface area contributed by atoms with E-state index in [1.165, 1.54) is 6.33 Å². The van der Waals surface area contributed by atoms with Crippen molar-refractivity contribution in [3.05, 3.63) is 61.2 Å². The van der Waals surface area contributed by atoms with Gasteiger partial charge in [-0.05, 0) is 18.2 Å². The van der Waals surface area contributed by atoms with Crippen LogP contribution in [0.15, 0.2) is 65.7 Å². The molecule has 0 aliphatic rings. The van der Waals surface area contributed by atoms with E-state index in [-0.39, 0.29) is 0 Å². The average molecular weight is 262 g/mol. The van der Waals surface area contributed by atoms with Crippen LogP contribution in [-0.4, -0.2) is 19.9 Å². The smallest absolute Gasteiger partial charge is 0.174 e. The molecule has 5 nitrogen and oxygen atoms in total. The van der Waals surface area contributed by atoms with Crippen molar-refractivity contribution >= 4 is 10.9 Å². The Morgan fingerprint density at radius 3 is 2.70 bits per heavy atom. The molecule has 0 aliphatic heterocycles. The van der Waals surface area contributed by atoms with Crippen LogP contribution in [0.1, 0.15) is 0 Å². The maximum atomic E-state index is 5.48. The first-order chi connectivity index (χ1) is 9.92. The molecule has 20 heavy (non-hydrogen) atoms. The zero-order valence-corrected chi connectivity index (χ0v) is 10.5. The quantitative estimate of drug-likeness (QED) is 0.557. The fourth-order valence-corrected chi connectivity index (χ4v) is 2.21. The molecular formula is C15H10N4O. The van der Waals surface area contributed by atoms with Crippen molar-refractivity contribution in [2.75, 3.05) is 0 Å². The van der Waals surface area contributed by atoms with Crippen LogP contribution in [0.5, 0.6) is 0 Å². The molecule has 4 aromatic rings. The summed E-state index contributed by atoms with van der Waals surface area (Å²) in [5, 5.41) is 9.19. The van der Waals surface area contributed by atoms with Crippen LogP contribution >= 0.6 is 0 Å². The van der Waals surface area contributed by atoms with Gasteiger partial charge in [0, 0.05) is 5.56 Å². The Morgan fingerprint density at radius 1 is 1.00 bits per heavy atom. The Bertz CT molecular complexity index is 850. The van der Waals surface area contributed by atoms with Crippen LogP contribution in [0, 0.1) is 0 Å². The molecular weight excluding hydrogens is 252 g/mol. The second-order valence-corrected chi connectivity index (χ2v) is 4.42. The van der Waals surface area contributed by atoms with Crippen molar-refractivity contribution in [1.29, 1.82) is 0 Å². The highest BCUT2D eigenvalue weighted by Crippen LogP contribution is 2.29. The summed E-state index contributed by atoms with van der Waals surface area (Å²) in [6, 6.07) is 15.8. The van der Waals surface area contributed by atoms with Crippen molar-refractivity contribution in [3.8, 4) is 17.0 Å². The first kappa shape index (κ1) is 10.9. The largest absolute Gasteiger partial charge is 0.355 e.